The van der Waals surface area contributed by atoms with Gasteiger partial charge in [-0.15, -0.1) is 0 Å². The molecule has 0 fully saturated rings. The van der Waals surface area contributed by atoms with Gasteiger partial charge in [0, 0.05) is 6.04 Å². The van der Waals surface area contributed by atoms with Crippen LogP contribution in [0, 0.1) is 5.41 Å². The molecule has 106 valence electrons. The summed E-state index contributed by atoms with van der Waals surface area (Å²) in [6.07, 6.45) is 2.20. The average molecular weight is 275 g/mol. The van der Waals surface area contributed by atoms with Gasteiger partial charge in [-0.2, -0.15) is 11.8 Å². The van der Waals surface area contributed by atoms with Crippen molar-refractivity contribution in [1.82, 2.24) is 5.32 Å². The van der Waals surface area contributed by atoms with Crippen molar-refractivity contribution in [3.05, 3.63) is 0 Å². The van der Waals surface area contributed by atoms with Crippen LogP contribution in [0.25, 0.3) is 0 Å². The Bertz CT molecular complexity index is 274. The molecule has 0 saturated carbocycles. The minimum absolute atomic E-state index is 0.0329. The van der Waals surface area contributed by atoms with Gasteiger partial charge in [0.15, 0.2) is 0 Å². The largest absolute Gasteiger partial charge is 0.481 e. The van der Waals surface area contributed by atoms with Crippen LogP contribution in [0.1, 0.15) is 47.0 Å². The summed E-state index contributed by atoms with van der Waals surface area (Å²) in [7, 11) is 0. The molecule has 0 aromatic carbocycles. The third-order valence-electron chi connectivity index (χ3n) is 2.63. The smallest absolute Gasteiger partial charge is 0.305 e. The van der Waals surface area contributed by atoms with E-state index in [1.165, 1.54) is 0 Å². The molecule has 1 atom stereocenters. The topological polar surface area (TPSA) is 66.4 Å². The number of amides is 1. The fraction of sp³-hybridized carbons (Fsp3) is 0.846. The first-order chi connectivity index (χ1) is 8.27. The van der Waals surface area contributed by atoms with Gasteiger partial charge in [0.2, 0.25) is 5.91 Å². The van der Waals surface area contributed by atoms with Crippen molar-refractivity contribution >= 4 is 23.6 Å². The maximum atomic E-state index is 11.7. The predicted octanol–water partition coefficient (Wildman–Crippen LogP) is 2.53. The van der Waals surface area contributed by atoms with Crippen molar-refractivity contribution in [3.8, 4) is 0 Å². The molecule has 0 aromatic rings. The van der Waals surface area contributed by atoms with Crippen LogP contribution in [0.3, 0.4) is 0 Å². The van der Waals surface area contributed by atoms with Crippen molar-refractivity contribution in [2.24, 2.45) is 5.41 Å². The molecule has 1 unspecified atom stereocenters. The second-order valence-electron chi connectivity index (χ2n) is 5.49. The number of nitrogens with one attached hydrogen (secondary N) is 1. The summed E-state index contributed by atoms with van der Waals surface area (Å²) in [5.41, 5.74) is -0.248. The zero-order valence-electron chi connectivity index (χ0n) is 11.8. The zero-order chi connectivity index (χ0) is 14.2. The minimum atomic E-state index is -0.881. The van der Waals surface area contributed by atoms with Gasteiger partial charge in [-0.05, 0) is 17.6 Å². The van der Waals surface area contributed by atoms with Gasteiger partial charge in [0.05, 0.1) is 12.2 Å². The van der Waals surface area contributed by atoms with Gasteiger partial charge in [-0.1, -0.05) is 34.1 Å². The molecule has 0 aliphatic rings. The first-order valence-corrected chi connectivity index (χ1v) is 7.51. The molecule has 0 rings (SSSR count). The number of rotatable bonds is 8. The lowest BCUT2D eigenvalue weighted by Crippen LogP contribution is -2.45. The van der Waals surface area contributed by atoms with E-state index in [4.69, 9.17) is 5.11 Å². The van der Waals surface area contributed by atoms with E-state index in [-0.39, 0.29) is 23.8 Å². The van der Waals surface area contributed by atoms with Crippen LogP contribution in [0.4, 0.5) is 0 Å². The van der Waals surface area contributed by atoms with Gasteiger partial charge < -0.3 is 10.4 Å². The molecule has 2 N–H and O–H groups in total. The Hall–Kier alpha value is -0.710. The van der Waals surface area contributed by atoms with Gasteiger partial charge in [-0.3, -0.25) is 9.59 Å². The van der Waals surface area contributed by atoms with Crippen LogP contribution in [0.15, 0.2) is 0 Å². The Kier molecular flexibility index (Phi) is 8.07. The van der Waals surface area contributed by atoms with E-state index in [1.54, 1.807) is 11.8 Å². The molecular weight excluding hydrogens is 250 g/mol. The first kappa shape index (κ1) is 17.3. The van der Waals surface area contributed by atoms with Gasteiger partial charge >= 0.3 is 5.97 Å². The van der Waals surface area contributed by atoms with Crippen LogP contribution in [-0.4, -0.2) is 34.5 Å². The monoisotopic (exact) mass is 275 g/mol. The quantitative estimate of drug-likeness (QED) is 0.668. The molecule has 18 heavy (non-hydrogen) atoms. The number of thioether (sulfide) groups is 1. The molecule has 4 nitrogen and oxygen atoms in total. The normalized spacial score (nSPS) is 13.1. The van der Waals surface area contributed by atoms with E-state index in [2.05, 4.69) is 12.2 Å². The average Bonchev–Trinajstić information content (AvgIpc) is 2.21. The van der Waals surface area contributed by atoms with Crippen LogP contribution in [0.2, 0.25) is 0 Å². The number of carbonyl (C=O) groups is 2. The molecule has 0 radical (unpaired) electrons. The fourth-order valence-corrected chi connectivity index (χ4v) is 2.30. The maximum Gasteiger partial charge on any atom is 0.305 e. The number of hydrogen-bond donors (Lipinski definition) is 2. The lowest BCUT2D eigenvalue weighted by Gasteiger charge is -2.30. The molecule has 1 amide bonds. The predicted molar refractivity (Wildman–Crippen MR) is 75.9 cm³/mol. The standard InChI is InChI=1S/C13H25NO3S/c1-5-6-7-18-9-11(15)14-10(8-12(16)17)13(2,3)4/h10H,5-9H2,1-4H3,(H,14,15)(H,16,17). The number of carboxylic acids is 1. The summed E-state index contributed by atoms with van der Waals surface area (Å²) < 4.78 is 0. The Labute approximate surface area is 114 Å². The van der Waals surface area contributed by atoms with Gasteiger partial charge in [-0.25, -0.2) is 0 Å². The van der Waals surface area contributed by atoms with Crippen molar-refractivity contribution in [1.29, 1.82) is 0 Å². The van der Waals surface area contributed by atoms with Crippen LogP contribution in [-0.2, 0) is 9.59 Å². The van der Waals surface area contributed by atoms with Crippen molar-refractivity contribution in [2.45, 2.75) is 53.0 Å². The highest BCUT2D eigenvalue weighted by atomic mass is 32.2. The molecule has 0 aliphatic heterocycles. The number of carbonyl (C=O) groups excluding carboxylic acids is 1. The second kappa shape index (κ2) is 8.40. The Balaban J connectivity index is 4.15. The van der Waals surface area contributed by atoms with E-state index < -0.39 is 5.97 Å². The lowest BCUT2D eigenvalue weighted by molar-refractivity contribution is -0.138. The number of hydrogen-bond acceptors (Lipinski definition) is 3. The first-order valence-electron chi connectivity index (χ1n) is 6.36. The molecule has 0 spiro atoms. The molecule has 0 heterocycles. The van der Waals surface area contributed by atoms with Gasteiger partial charge in [0.1, 0.15) is 0 Å². The summed E-state index contributed by atoms with van der Waals surface area (Å²) in [6.45, 7) is 7.92. The molecule has 0 aliphatic carbocycles. The molecule has 0 bridgehead atoms. The number of unbranched alkanes of at least 4 members (excludes halogenated alkanes) is 1. The van der Waals surface area contributed by atoms with Crippen molar-refractivity contribution in [3.63, 3.8) is 0 Å². The van der Waals surface area contributed by atoms with Crippen LogP contribution < -0.4 is 5.32 Å². The maximum absolute atomic E-state index is 11.7. The van der Waals surface area contributed by atoms with Crippen LogP contribution >= 0.6 is 11.8 Å². The summed E-state index contributed by atoms with van der Waals surface area (Å²) in [5, 5.41) is 11.7. The van der Waals surface area contributed by atoms with E-state index in [0.29, 0.717) is 5.75 Å². The van der Waals surface area contributed by atoms with Crippen LogP contribution in [0.5, 0.6) is 0 Å². The third-order valence-corrected chi connectivity index (χ3v) is 3.68. The Morgan fingerprint density at radius 1 is 1.33 bits per heavy atom. The SMILES string of the molecule is CCCCSCC(=O)NC(CC(=O)O)C(C)(C)C. The Morgan fingerprint density at radius 2 is 1.94 bits per heavy atom. The number of aliphatic carboxylic acids is 1. The molecular formula is C13H25NO3S. The summed E-state index contributed by atoms with van der Waals surface area (Å²) in [6, 6.07) is -0.325. The van der Waals surface area contributed by atoms with E-state index in [1.807, 2.05) is 20.8 Å². The zero-order valence-corrected chi connectivity index (χ0v) is 12.6. The van der Waals surface area contributed by atoms with Gasteiger partial charge in [0.25, 0.3) is 0 Å². The highest BCUT2D eigenvalue weighted by Gasteiger charge is 2.28. The molecule has 5 heteroatoms. The number of carboxylic acid groups (broad SMARTS) is 1. The second-order valence-corrected chi connectivity index (χ2v) is 6.60. The summed E-state index contributed by atoms with van der Waals surface area (Å²) >= 11 is 1.60. The Morgan fingerprint density at radius 3 is 2.39 bits per heavy atom. The third kappa shape index (κ3) is 8.39. The summed E-state index contributed by atoms with van der Waals surface area (Å²) in [5.74, 6) is 0.432. The summed E-state index contributed by atoms with van der Waals surface area (Å²) in [4.78, 5) is 22.5. The molecule has 0 aromatic heterocycles. The van der Waals surface area contributed by atoms with Crippen molar-refractivity contribution in [2.75, 3.05) is 11.5 Å². The van der Waals surface area contributed by atoms with Crippen molar-refractivity contribution < 1.29 is 14.7 Å². The highest BCUT2D eigenvalue weighted by molar-refractivity contribution is 7.99. The van der Waals surface area contributed by atoms with E-state index >= 15 is 0 Å². The lowest BCUT2D eigenvalue weighted by atomic mass is 9.85. The highest BCUT2D eigenvalue weighted by Crippen LogP contribution is 2.22. The van der Waals surface area contributed by atoms with E-state index in [0.717, 1.165) is 18.6 Å². The van der Waals surface area contributed by atoms with E-state index in [9.17, 15) is 9.59 Å². The molecule has 0 saturated heterocycles. The minimum Gasteiger partial charge on any atom is -0.481 e. The fourth-order valence-electron chi connectivity index (χ4n) is 1.40.